The lowest BCUT2D eigenvalue weighted by Crippen LogP contribution is -2.41. The summed E-state index contributed by atoms with van der Waals surface area (Å²) in [5, 5.41) is 0. The topological polar surface area (TPSA) is 72.2 Å². The van der Waals surface area contributed by atoms with Crippen LogP contribution >= 0.6 is 15.9 Å². The van der Waals surface area contributed by atoms with E-state index in [2.05, 4.69) is 27.6 Å². The maximum Gasteiger partial charge on any atom is 0.242 e. The van der Waals surface area contributed by atoms with Crippen LogP contribution in [0.4, 0.5) is 5.69 Å². The van der Waals surface area contributed by atoms with Gasteiger partial charge in [0.2, 0.25) is 10.0 Å². The summed E-state index contributed by atoms with van der Waals surface area (Å²) in [5.74, 6) is 0.372. The first kappa shape index (κ1) is 14.8. The van der Waals surface area contributed by atoms with Crippen LogP contribution in [-0.2, 0) is 10.0 Å². The third-order valence-corrected chi connectivity index (χ3v) is 5.72. The second kappa shape index (κ2) is 5.81. The van der Waals surface area contributed by atoms with E-state index in [-0.39, 0.29) is 16.6 Å². The summed E-state index contributed by atoms with van der Waals surface area (Å²) in [4.78, 5) is 0.152. The Morgan fingerprint density at radius 2 is 2.00 bits per heavy atom. The Labute approximate surface area is 122 Å². The number of nitrogen functional groups attached to an aromatic ring is 1. The predicted molar refractivity (Wildman–Crippen MR) is 80.3 cm³/mol. The molecule has 2 unspecified atom stereocenters. The Hall–Kier alpha value is -0.590. The third-order valence-electron chi connectivity index (χ3n) is 3.68. The minimum Gasteiger partial charge on any atom is -0.398 e. The Kier molecular flexibility index (Phi) is 4.53. The molecule has 0 aliphatic heterocycles. The lowest BCUT2D eigenvalue weighted by Gasteiger charge is -2.29. The first-order valence-corrected chi connectivity index (χ1v) is 8.75. The fourth-order valence-corrected chi connectivity index (χ4v) is 4.54. The average molecular weight is 347 g/mol. The molecule has 1 aromatic carbocycles. The monoisotopic (exact) mass is 346 g/mol. The smallest absolute Gasteiger partial charge is 0.242 e. The molecule has 0 aromatic heterocycles. The third kappa shape index (κ3) is 3.49. The summed E-state index contributed by atoms with van der Waals surface area (Å²) in [7, 11) is -3.55. The van der Waals surface area contributed by atoms with Crippen LogP contribution in [0.1, 0.15) is 32.6 Å². The number of rotatable bonds is 3. The Bertz CT molecular complexity index is 560. The van der Waals surface area contributed by atoms with E-state index in [9.17, 15) is 8.42 Å². The lowest BCUT2D eigenvalue weighted by molar-refractivity contribution is 0.310. The SMILES string of the molecule is CC1CCCCC1NS(=O)(=O)c1cc(Br)ccc1N. The molecule has 0 heterocycles. The van der Waals surface area contributed by atoms with Crippen molar-refractivity contribution < 1.29 is 8.42 Å². The van der Waals surface area contributed by atoms with Gasteiger partial charge in [0.15, 0.2) is 0 Å². The van der Waals surface area contributed by atoms with Crippen molar-refractivity contribution in [3.05, 3.63) is 22.7 Å². The lowest BCUT2D eigenvalue weighted by atomic mass is 9.87. The highest BCUT2D eigenvalue weighted by Gasteiger charge is 2.27. The van der Waals surface area contributed by atoms with Crippen LogP contribution in [0.3, 0.4) is 0 Å². The van der Waals surface area contributed by atoms with Gasteiger partial charge in [0.1, 0.15) is 4.90 Å². The van der Waals surface area contributed by atoms with E-state index in [1.165, 1.54) is 6.42 Å². The fourth-order valence-electron chi connectivity index (χ4n) is 2.50. The molecular formula is C13H19BrN2O2S. The second-order valence-electron chi connectivity index (χ2n) is 5.17. The van der Waals surface area contributed by atoms with Crippen LogP contribution in [0.5, 0.6) is 0 Å². The molecule has 106 valence electrons. The molecular weight excluding hydrogens is 328 g/mol. The molecule has 1 aromatic rings. The molecule has 1 aliphatic carbocycles. The molecule has 3 N–H and O–H groups in total. The van der Waals surface area contributed by atoms with Gasteiger partial charge in [0.25, 0.3) is 0 Å². The number of benzene rings is 1. The highest BCUT2D eigenvalue weighted by molar-refractivity contribution is 9.10. The minimum absolute atomic E-state index is 0.0112. The number of hydrogen-bond acceptors (Lipinski definition) is 3. The fraction of sp³-hybridized carbons (Fsp3) is 0.538. The van der Waals surface area contributed by atoms with Crippen molar-refractivity contribution in [1.29, 1.82) is 0 Å². The maximum absolute atomic E-state index is 12.4. The van der Waals surface area contributed by atoms with Gasteiger partial charge in [-0.2, -0.15) is 0 Å². The highest BCUT2D eigenvalue weighted by Crippen LogP contribution is 2.27. The van der Waals surface area contributed by atoms with Crippen molar-refractivity contribution in [2.24, 2.45) is 5.92 Å². The van der Waals surface area contributed by atoms with Gasteiger partial charge in [0.05, 0.1) is 5.69 Å². The molecule has 2 rings (SSSR count). The van der Waals surface area contributed by atoms with E-state index in [0.717, 1.165) is 19.3 Å². The van der Waals surface area contributed by atoms with E-state index >= 15 is 0 Å². The highest BCUT2D eigenvalue weighted by atomic mass is 79.9. The second-order valence-corrected chi connectivity index (χ2v) is 7.77. The first-order chi connectivity index (χ1) is 8.90. The van der Waals surface area contributed by atoms with E-state index in [1.807, 2.05) is 0 Å². The van der Waals surface area contributed by atoms with Crippen molar-refractivity contribution in [3.63, 3.8) is 0 Å². The summed E-state index contributed by atoms with van der Waals surface area (Å²) in [6.07, 6.45) is 4.22. The number of nitrogens with one attached hydrogen (secondary N) is 1. The molecule has 6 heteroatoms. The number of sulfonamides is 1. The number of anilines is 1. The average Bonchev–Trinajstić information content (AvgIpc) is 2.35. The van der Waals surface area contributed by atoms with Gasteiger partial charge in [-0.05, 0) is 37.0 Å². The molecule has 0 amide bonds. The van der Waals surface area contributed by atoms with Crippen LogP contribution < -0.4 is 10.5 Å². The summed E-state index contributed by atoms with van der Waals surface area (Å²) < 4.78 is 28.3. The van der Waals surface area contributed by atoms with Gasteiger partial charge in [-0.1, -0.05) is 35.7 Å². The molecule has 19 heavy (non-hydrogen) atoms. The first-order valence-electron chi connectivity index (χ1n) is 6.47. The Morgan fingerprint density at radius 1 is 1.32 bits per heavy atom. The van der Waals surface area contributed by atoms with Gasteiger partial charge in [-0.3, -0.25) is 0 Å². The van der Waals surface area contributed by atoms with Crippen molar-refractivity contribution in [2.75, 3.05) is 5.73 Å². The largest absolute Gasteiger partial charge is 0.398 e. The summed E-state index contributed by atoms with van der Waals surface area (Å²) >= 11 is 3.28. The number of halogens is 1. The van der Waals surface area contributed by atoms with E-state index in [4.69, 9.17) is 5.73 Å². The minimum atomic E-state index is -3.55. The molecule has 4 nitrogen and oxygen atoms in total. The molecule has 1 aliphatic rings. The van der Waals surface area contributed by atoms with Crippen LogP contribution in [0.2, 0.25) is 0 Å². The number of hydrogen-bond donors (Lipinski definition) is 2. The molecule has 0 saturated heterocycles. The molecule has 1 saturated carbocycles. The Balaban J connectivity index is 2.24. The van der Waals surface area contributed by atoms with Crippen molar-refractivity contribution >= 4 is 31.6 Å². The number of nitrogens with two attached hydrogens (primary N) is 1. The van der Waals surface area contributed by atoms with Gasteiger partial charge >= 0.3 is 0 Å². The van der Waals surface area contributed by atoms with E-state index in [1.54, 1.807) is 18.2 Å². The van der Waals surface area contributed by atoms with E-state index in [0.29, 0.717) is 10.4 Å². The summed E-state index contributed by atoms with van der Waals surface area (Å²) in [6.45, 7) is 2.09. The van der Waals surface area contributed by atoms with Gasteiger partial charge in [-0.15, -0.1) is 0 Å². The standard InChI is InChI=1S/C13H19BrN2O2S/c1-9-4-2-3-5-12(9)16-19(17,18)13-8-10(14)6-7-11(13)15/h6-9,12,16H,2-5,15H2,1H3. The van der Waals surface area contributed by atoms with Crippen molar-refractivity contribution in [3.8, 4) is 0 Å². The quantitative estimate of drug-likeness (QED) is 0.826. The molecule has 0 radical (unpaired) electrons. The molecule has 1 fully saturated rings. The molecule has 0 spiro atoms. The predicted octanol–water partition coefficient (Wildman–Crippen LogP) is 2.89. The summed E-state index contributed by atoms with van der Waals surface area (Å²) in [6, 6.07) is 4.89. The van der Waals surface area contributed by atoms with Crippen LogP contribution in [-0.4, -0.2) is 14.5 Å². The van der Waals surface area contributed by atoms with Crippen molar-refractivity contribution in [1.82, 2.24) is 4.72 Å². The molecule has 0 bridgehead atoms. The zero-order valence-electron chi connectivity index (χ0n) is 10.9. The zero-order chi connectivity index (χ0) is 14.0. The van der Waals surface area contributed by atoms with Crippen molar-refractivity contribution in [2.45, 2.75) is 43.5 Å². The maximum atomic E-state index is 12.4. The van der Waals surface area contributed by atoms with Crippen LogP contribution in [0.15, 0.2) is 27.6 Å². The normalized spacial score (nSPS) is 24.3. The van der Waals surface area contributed by atoms with Gasteiger partial charge in [0, 0.05) is 10.5 Å². The van der Waals surface area contributed by atoms with E-state index < -0.39 is 10.0 Å². The summed E-state index contributed by atoms with van der Waals surface area (Å²) in [5.41, 5.74) is 6.05. The van der Waals surface area contributed by atoms with Crippen LogP contribution in [0.25, 0.3) is 0 Å². The van der Waals surface area contributed by atoms with Gasteiger partial charge < -0.3 is 5.73 Å². The molecule has 2 atom stereocenters. The van der Waals surface area contributed by atoms with Crippen LogP contribution in [0, 0.1) is 5.92 Å². The van der Waals surface area contributed by atoms with Gasteiger partial charge in [-0.25, -0.2) is 13.1 Å². The zero-order valence-corrected chi connectivity index (χ0v) is 13.3. The Morgan fingerprint density at radius 3 is 2.68 bits per heavy atom.